The zero-order valence-electron chi connectivity index (χ0n) is 14.3. The highest BCUT2D eigenvalue weighted by Gasteiger charge is 2.26. The number of amides is 1. The molecule has 1 aromatic heterocycles. The van der Waals surface area contributed by atoms with Crippen molar-refractivity contribution in [3.63, 3.8) is 0 Å². The van der Waals surface area contributed by atoms with Gasteiger partial charge >= 0.3 is 5.97 Å². The van der Waals surface area contributed by atoms with Gasteiger partial charge in [0.1, 0.15) is 5.58 Å². The van der Waals surface area contributed by atoms with Gasteiger partial charge in [-0.2, -0.15) is 0 Å². The molecular formula is C18H23NO4. The molecule has 1 aromatic carbocycles. The van der Waals surface area contributed by atoms with E-state index in [9.17, 15) is 9.59 Å². The molecule has 1 amide bonds. The highest BCUT2D eigenvalue weighted by Crippen LogP contribution is 2.31. The number of benzene rings is 1. The SMILES string of the molecule is Cc1ccc(C)c2c(C)c(C(=O)N(CCC(=O)O)C(C)C)oc12. The summed E-state index contributed by atoms with van der Waals surface area (Å²) in [6.07, 6.45) is -0.0821. The van der Waals surface area contributed by atoms with E-state index in [4.69, 9.17) is 9.52 Å². The van der Waals surface area contributed by atoms with E-state index in [2.05, 4.69) is 0 Å². The first kappa shape index (κ1) is 17.1. The number of aryl methyl sites for hydroxylation is 3. The molecule has 2 rings (SSSR count). The minimum absolute atomic E-state index is 0.0821. The summed E-state index contributed by atoms with van der Waals surface area (Å²) in [4.78, 5) is 25.2. The van der Waals surface area contributed by atoms with E-state index in [0.717, 1.165) is 27.7 Å². The van der Waals surface area contributed by atoms with Crippen molar-refractivity contribution < 1.29 is 19.1 Å². The van der Waals surface area contributed by atoms with Crippen LogP contribution in [0, 0.1) is 20.8 Å². The molecule has 0 saturated heterocycles. The zero-order valence-corrected chi connectivity index (χ0v) is 14.3. The van der Waals surface area contributed by atoms with Crippen molar-refractivity contribution in [2.75, 3.05) is 6.54 Å². The smallest absolute Gasteiger partial charge is 0.305 e. The number of nitrogens with zero attached hydrogens (tertiary/aromatic N) is 1. The van der Waals surface area contributed by atoms with E-state index < -0.39 is 5.97 Å². The Kier molecular flexibility index (Phi) is 4.78. The van der Waals surface area contributed by atoms with Crippen LogP contribution in [0.3, 0.4) is 0 Å². The lowest BCUT2D eigenvalue weighted by Gasteiger charge is -2.25. The molecule has 1 N–H and O–H groups in total. The number of carbonyl (C=O) groups excluding carboxylic acids is 1. The number of carboxylic acid groups (broad SMARTS) is 1. The Bertz CT molecular complexity index is 758. The molecule has 0 saturated carbocycles. The van der Waals surface area contributed by atoms with Crippen molar-refractivity contribution in [2.24, 2.45) is 0 Å². The summed E-state index contributed by atoms with van der Waals surface area (Å²) >= 11 is 0. The number of hydrogen-bond donors (Lipinski definition) is 1. The maximum atomic E-state index is 12.9. The van der Waals surface area contributed by atoms with Crippen LogP contribution < -0.4 is 0 Å². The summed E-state index contributed by atoms with van der Waals surface area (Å²) in [5.41, 5.74) is 3.59. The number of rotatable bonds is 5. The molecule has 0 aliphatic rings. The standard InChI is InChI=1S/C18H23NO4/c1-10(2)19(9-8-14(20)21)18(22)17-13(5)15-11(3)6-7-12(4)16(15)23-17/h6-7,10H,8-9H2,1-5H3,(H,20,21). The zero-order chi connectivity index (χ0) is 17.3. The minimum Gasteiger partial charge on any atom is -0.481 e. The Morgan fingerprint density at radius 1 is 1.17 bits per heavy atom. The van der Waals surface area contributed by atoms with Crippen LogP contribution in [0.5, 0.6) is 0 Å². The fraction of sp³-hybridized carbons (Fsp3) is 0.444. The molecule has 124 valence electrons. The molecule has 0 aliphatic carbocycles. The lowest BCUT2D eigenvalue weighted by atomic mass is 10.0. The molecule has 0 radical (unpaired) electrons. The number of carboxylic acids is 1. The monoisotopic (exact) mass is 317 g/mol. The number of fused-ring (bicyclic) bond motifs is 1. The topological polar surface area (TPSA) is 70.8 Å². The number of aliphatic carboxylic acids is 1. The van der Waals surface area contributed by atoms with E-state index >= 15 is 0 Å². The summed E-state index contributed by atoms with van der Waals surface area (Å²) in [6, 6.07) is 3.88. The van der Waals surface area contributed by atoms with Crippen LogP contribution in [0.25, 0.3) is 11.0 Å². The fourth-order valence-corrected chi connectivity index (χ4v) is 2.82. The molecule has 23 heavy (non-hydrogen) atoms. The normalized spacial score (nSPS) is 11.2. The predicted molar refractivity (Wildman–Crippen MR) is 88.9 cm³/mol. The van der Waals surface area contributed by atoms with Gasteiger partial charge in [-0.05, 0) is 45.7 Å². The van der Waals surface area contributed by atoms with Crippen LogP contribution in [-0.2, 0) is 4.79 Å². The summed E-state index contributed by atoms with van der Waals surface area (Å²) in [5.74, 6) is -0.873. The second-order valence-electron chi connectivity index (χ2n) is 6.20. The van der Waals surface area contributed by atoms with Crippen molar-refractivity contribution in [3.05, 3.63) is 34.6 Å². The van der Waals surface area contributed by atoms with E-state index in [1.165, 1.54) is 0 Å². The average molecular weight is 317 g/mol. The minimum atomic E-state index is -0.920. The largest absolute Gasteiger partial charge is 0.481 e. The van der Waals surface area contributed by atoms with Crippen molar-refractivity contribution in [1.29, 1.82) is 0 Å². The quantitative estimate of drug-likeness (QED) is 0.913. The molecule has 0 aliphatic heterocycles. The van der Waals surface area contributed by atoms with Gasteiger partial charge < -0.3 is 14.4 Å². The second-order valence-corrected chi connectivity index (χ2v) is 6.20. The Hall–Kier alpha value is -2.30. The highest BCUT2D eigenvalue weighted by atomic mass is 16.4. The summed E-state index contributed by atoms with van der Waals surface area (Å²) < 4.78 is 5.87. The van der Waals surface area contributed by atoms with Crippen LogP contribution in [0.15, 0.2) is 16.5 Å². The van der Waals surface area contributed by atoms with Crippen LogP contribution in [0.4, 0.5) is 0 Å². The van der Waals surface area contributed by atoms with Gasteiger partial charge in [0.25, 0.3) is 5.91 Å². The van der Waals surface area contributed by atoms with E-state index in [0.29, 0.717) is 5.76 Å². The van der Waals surface area contributed by atoms with Gasteiger partial charge in [-0.15, -0.1) is 0 Å². The Morgan fingerprint density at radius 3 is 2.30 bits per heavy atom. The van der Waals surface area contributed by atoms with Crippen molar-refractivity contribution >= 4 is 22.8 Å². The van der Waals surface area contributed by atoms with Crippen LogP contribution >= 0.6 is 0 Å². The lowest BCUT2D eigenvalue weighted by molar-refractivity contribution is -0.137. The molecule has 0 bridgehead atoms. The molecule has 2 aromatic rings. The van der Waals surface area contributed by atoms with Crippen LogP contribution in [-0.4, -0.2) is 34.5 Å². The van der Waals surface area contributed by atoms with E-state index in [1.54, 1.807) is 4.90 Å². The van der Waals surface area contributed by atoms with Gasteiger partial charge in [-0.25, -0.2) is 0 Å². The summed E-state index contributed by atoms with van der Waals surface area (Å²) in [5, 5.41) is 9.84. The maximum Gasteiger partial charge on any atom is 0.305 e. The Balaban J connectivity index is 2.47. The molecule has 0 unspecified atom stereocenters. The van der Waals surface area contributed by atoms with Gasteiger partial charge in [-0.1, -0.05) is 12.1 Å². The summed E-state index contributed by atoms with van der Waals surface area (Å²) in [6.45, 7) is 9.72. The molecule has 0 spiro atoms. The van der Waals surface area contributed by atoms with Crippen molar-refractivity contribution in [3.8, 4) is 0 Å². The van der Waals surface area contributed by atoms with Gasteiger partial charge in [0.05, 0.1) is 6.42 Å². The van der Waals surface area contributed by atoms with Crippen LogP contribution in [0.2, 0.25) is 0 Å². The number of furan rings is 1. The Morgan fingerprint density at radius 2 is 1.78 bits per heavy atom. The molecular weight excluding hydrogens is 294 g/mol. The van der Waals surface area contributed by atoms with Gasteiger partial charge in [0.15, 0.2) is 5.76 Å². The third-order valence-electron chi connectivity index (χ3n) is 4.13. The molecule has 0 atom stereocenters. The maximum absolute atomic E-state index is 12.9. The molecule has 5 nitrogen and oxygen atoms in total. The fourth-order valence-electron chi connectivity index (χ4n) is 2.82. The first-order chi connectivity index (χ1) is 10.7. The first-order valence-electron chi connectivity index (χ1n) is 7.76. The Labute approximate surface area is 135 Å². The second kappa shape index (κ2) is 6.44. The van der Waals surface area contributed by atoms with Gasteiger partial charge in [0, 0.05) is 23.5 Å². The molecule has 1 heterocycles. The predicted octanol–water partition coefficient (Wildman–Crippen LogP) is 3.68. The van der Waals surface area contributed by atoms with Crippen molar-refractivity contribution in [1.82, 2.24) is 4.90 Å². The van der Waals surface area contributed by atoms with Gasteiger partial charge in [-0.3, -0.25) is 9.59 Å². The highest BCUT2D eigenvalue weighted by molar-refractivity contribution is 6.00. The number of carbonyl (C=O) groups is 2. The third-order valence-corrected chi connectivity index (χ3v) is 4.13. The van der Waals surface area contributed by atoms with Crippen LogP contribution in [0.1, 0.15) is 47.5 Å². The van der Waals surface area contributed by atoms with Gasteiger partial charge in [0.2, 0.25) is 0 Å². The van der Waals surface area contributed by atoms with Crippen molar-refractivity contribution in [2.45, 2.75) is 47.1 Å². The first-order valence-corrected chi connectivity index (χ1v) is 7.76. The average Bonchev–Trinajstić information content (AvgIpc) is 2.81. The van der Waals surface area contributed by atoms with E-state index in [1.807, 2.05) is 46.8 Å². The van der Waals surface area contributed by atoms with E-state index in [-0.39, 0.29) is 24.9 Å². The summed E-state index contributed by atoms with van der Waals surface area (Å²) in [7, 11) is 0. The number of hydrogen-bond acceptors (Lipinski definition) is 3. The molecule has 5 heteroatoms. The lowest BCUT2D eigenvalue weighted by Crippen LogP contribution is -2.38. The third kappa shape index (κ3) is 3.23. The molecule has 0 fully saturated rings.